The minimum Gasteiger partial charge on any atom is -0.446 e. The zero-order chi connectivity index (χ0) is 27.0. The number of aliphatic hydroxyl groups is 2. The average Bonchev–Trinajstić information content (AvgIpc) is 3.21. The lowest BCUT2D eigenvalue weighted by molar-refractivity contribution is -0.0585. The van der Waals surface area contributed by atoms with E-state index in [1.165, 1.54) is 56.9 Å². The number of alkyl carbamates (subject to hydrolysis) is 1. The number of nitrogens with one attached hydrogen (secondary N) is 1. The van der Waals surface area contributed by atoms with Crippen LogP contribution in [0, 0.1) is 46.3 Å². The maximum Gasteiger partial charge on any atom is 0.408 e. The van der Waals surface area contributed by atoms with E-state index < -0.39 is 11.6 Å². The van der Waals surface area contributed by atoms with Crippen LogP contribution < -0.4 is 5.32 Å². The summed E-state index contributed by atoms with van der Waals surface area (Å²) in [5.41, 5.74) is 1.18. The molecule has 37 heavy (non-hydrogen) atoms. The molecule has 0 aromatic rings. The molecule has 5 nitrogen and oxygen atoms in total. The van der Waals surface area contributed by atoms with Gasteiger partial charge in [-0.1, -0.05) is 65.5 Å². The van der Waals surface area contributed by atoms with Gasteiger partial charge in [0.15, 0.2) is 0 Å². The lowest BCUT2D eigenvalue weighted by Gasteiger charge is -2.58. The van der Waals surface area contributed by atoms with Crippen molar-refractivity contribution in [2.75, 3.05) is 13.2 Å². The Kier molecular flexibility index (Phi) is 8.75. The number of ether oxygens (including phenoxy) is 1. The Morgan fingerprint density at radius 2 is 1.81 bits per heavy atom. The molecule has 0 aromatic carbocycles. The second kappa shape index (κ2) is 11.2. The summed E-state index contributed by atoms with van der Waals surface area (Å²) in [7, 11) is 0. The van der Waals surface area contributed by atoms with Crippen LogP contribution in [0.2, 0.25) is 0 Å². The topological polar surface area (TPSA) is 78.8 Å². The molecule has 4 rings (SSSR count). The van der Waals surface area contributed by atoms with Gasteiger partial charge in [-0.25, -0.2) is 4.79 Å². The molecule has 5 heteroatoms. The van der Waals surface area contributed by atoms with Crippen molar-refractivity contribution in [3.63, 3.8) is 0 Å². The van der Waals surface area contributed by atoms with Crippen molar-refractivity contribution in [3.05, 3.63) is 11.6 Å². The first-order chi connectivity index (χ1) is 17.5. The van der Waals surface area contributed by atoms with Crippen molar-refractivity contribution in [1.29, 1.82) is 0 Å². The molecule has 1 amide bonds. The molecule has 3 saturated carbocycles. The summed E-state index contributed by atoms with van der Waals surface area (Å²) in [5.74, 6) is 4.95. The van der Waals surface area contributed by atoms with Crippen molar-refractivity contribution < 1.29 is 19.7 Å². The molecule has 0 aromatic heterocycles. The molecule has 0 aliphatic heterocycles. The average molecular weight is 518 g/mol. The van der Waals surface area contributed by atoms with Crippen molar-refractivity contribution in [2.45, 2.75) is 124 Å². The Balaban J connectivity index is 1.40. The summed E-state index contributed by atoms with van der Waals surface area (Å²) in [6, 6.07) is 0. The summed E-state index contributed by atoms with van der Waals surface area (Å²) in [6.45, 7) is 13.4. The number of hydrogen-bond donors (Lipinski definition) is 3. The van der Waals surface area contributed by atoms with Crippen molar-refractivity contribution >= 4 is 6.09 Å². The Bertz CT molecular complexity index is 835. The number of rotatable bonds is 9. The molecule has 4 aliphatic rings. The summed E-state index contributed by atoms with van der Waals surface area (Å²) in [5, 5.41) is 21.6. The Labute approximate surface area is 226 Å². The maximum absolute atomic E-state index is 12.5. The van der Waals surface area contributed by atoms with Gasteiger partial charge in [-0.15, -0.1) is 0 Å². The predicted octanol–water partition coefficient (Wildman–Crippen LogP) is 6.87. The predicted molar refractivity (Wildman–Crippen MR) is 149 cm³/mol. The van der Waals surface area contributed by atoms with E-state index in [0.29, 0.717) is 5.41 Å². The molecule has 0 unspecified atom stereocenters. The molecule has 212 valence electrons. The van der Waals surface area contributed by atoms with E-state index in [2.05, 4.69) is 46.0 Å². The highest BCUT2D eigenvalue weighted by Crippen LogP contribution is 2.67. The highest BCUT2D eigenvalue weighted by atomic mass is 16.6. The highest BCUT2D eigenvalue weighted by Gasteiger charge is 2.59. The summed E-state index contributed by atoms with van der Waals surface area (Å²) in [6.07, 6.45) is 15.5. The molecule has 3 fully saturated rings. The van der Waals surface area contributed by atoms with Crippen molar-refractivity contribution in [3.8, 4) is 0 Å². The van der Waals surface area contributed by atoms with E-state index in [4.69, 9.17) is 4.74 Å². The lowest BCUT2D eigenvalue weighted by atomic mass is 9.47. The van der Waals surface area contributed by atoms with Crippen LogP contribution in [0.25, 0.3) is 0 Å². The van der Waals surface area contributed by atoms with Gasteiger partial charge in [-0.2, -0.15) is 0 Å². The van der Waals surface area contributed by atoms with Gasteiger partial charge in [0.2, 0.25) is 0 Å². The SMILES string of the molecule is CC(C)CCC[C@@H](C)[C@H]1CC[C@H]2[C@@H]3CC=C4C[C@@H](OC(=O)NC(C)(CO)CO)CC[C@]4(C)[C@H]3CC[C@]12C. The molecule has 3 N–H and O–H groups in total. The molecule has 8 atom stereocenters. The van der Waals surface area contributed by atoms with E-state index in [-0.39, 0.29) is 24.7 Å². The van der Waals surface area contributed by atoms with E-state index in [1.54, 1.807) is 6.92 Å². The van der Waals surface area contributed by atoms with Crippen LogP contribution in [0.1, 0.15) is 112 Å². The van der Waals surface area contributed by atoms with Gasteiger partial charge in [0, 0.05) is 6.42 Å². The summed E-state index contributed by atoms with van der Waals surface area (Å²) >= 11 is 0. The number of carbonyl (C=O) groups is 1. The molecule has 4 aliphatic carbocycles. The van der Waals surface area contributed by atoms with Gasteiger partial charge in [-0.05, 0) is 98.2 Å². The van der Waals surface area contributed by atoms with Crippen LogP contribution >= 0.6 is 0 Å². The Hall–Kier alpha value is -1.07. The van der Waals surface area contributed by atoms with E-state index >= 15 is 0 Å². The fraction of sp³-hybridized carbons (Fsp3) is 0.906. The molecule has 0 saturated heterocycles. The molecule has 0 radical (unpaired) electrons. The number of fused-ring (bicyclic) bond motifs is 5. The van der Waals surface area contributed by atoms with Crippen LogP contribution in [-0.2, 0) is 4.74 Å². The largest absolute Gasteiger partial charge is 0.446 e. The van der Waals surface area contributed by atoms with Gasteiger partial charge in [0.25, 0.3) is 0 Å². The number of aliphatic hydroxyl groups excluding tert-OH is 2. The number of amides is 1. The van der Waals surface area contributed by atoms with Gasteiger partial charge in [0.1, 0.15) is 6.10 Å². The summed E-state index contributed by atoms with van der Waals surface area (Å²) < 4.78 is 5.78. The van der Waals surface area contributed by atoms with E-state index in [9.17, 15) is 15.0 Å². The van der Waals surface area contributed by atoms with Crippen LogP contribution in [0.4, 0.5) is 4.79 Å². The smallest absolute Gasteiger partial charge is 0.408 e. The Morgan fingerprint density at radius 3 is 2.49 bits per heavy atom. The zero-order valence-corrected chi connectivity index (χ0v) is 24.5. The van der Waals surface area contributed by atoms with Crippen LogP contribution in [0.5, 0.6) is 0 Å². The lowest BCUT2D eigenvalue weighted by Crippen LogP contribution is -2.53. The third-order valence-electron chi connectivity index (χ3n) is 11.6. The molecule has 0 heterocycles. The molecular weight excluding hydrogens is 462 g/mol. The normalized spacial score (nSPS) is 38.3. The minimum atomic E-state index is -1.06. The third-order valence-corrected chi connectivity index (χ3v) is 11.6. The van der Waals surface area contributed by atoms with Crippen LogP contribution in [0.15, 0.2) is 11.6 Å². The molecule has 0 spiro atoms. The Morgan fingerprint density at radius 1 is 1.08 bits per heavy atom. The van der Waals surface area contributed by atoms with Gasteiger partial charge in [-0.3, -0.25) is 0 Å². The second-order valence-corrected chi connectivity index (χ2v) is 14.6. The standard InChI is InChI=1S/C32H55NO4/c1-21(2)8-7-9-22(3)26-12-13-27-25-11-10-23-18-24(37-29(36)33-30(4,19-34)20-35)14-16-31(23,5)28(25)15-17-32(26,27)6/h10,21-22,24-28,34-35H,7-9,11-20H2,1-6H3,(H,33,36)/t22-,24+,25+,26-,27+,28+,31+,32-/m1/s1. The highest BCUT2D eigenvalue weighted by molar-refractivity contribution is 5.68. The number of carbonyl (C=O) groups excluding carboxylic acids is 1. The quantitative estimate of drug-likeness (QED) is 0.292. The van der Waals surface area contributed by atoms with E-state index in [1.807, 2.05) is 0 Å². The van der Waals surface area contributed by atoms with Crippen molar-refractivity contribution in [2.24, 2.45) is 46.3 Å². The maximum atomic E-state index is 12.5. The molecule has 0 bridgehead atoms. The number of hydrogen-bond acceptors (Lipinski definition) is 4. The first-order valence-electron chi connectivity index (χ1n) is 15.4. The summed E-state index contributed by atoms with van der Waals surface area (Å²) in [4.78, 5) is 12.5. The first-order valence-corrected chi connectivity index (χ1v) is 15.4. The zero-order valence-electron chi connectivity index (χ0n) is 24.5. The third kappa shape index (κ3) is 5.64. The first kappa shape index (κ1) is 28.9. The van der Waals surface area contributed by atoms with E-state index in [0.717, 1.165) is 54.8 Å². The van der Waals surface area contributed by atoms with Gasteiger partial charge in [0.05, 0.1) is 18.8 Å². The van der Waals surface area contributed by atoms with Crippen LogP contribution in [-0.4, -0.2) is 41.2 Å². The molecular formula is C32H55NO4. The van der Waals surface area contributed by atoms with Crippen LogP contribution in [0.3, 0.4) is 0 Å². The fourth-order valence-electron chi connectivity index (χ4n) is 9.31. The minimum absolute atomic E-state index is 0.131. The second-order valence-electron chi connectivity index (χ2n) is 14.6. The number of allylic oxidation sites excluding steroid dienone is 1. The van der Waals surface area contributed by atoms with Gasteiger partial charge < -0.3 is 20.3 Å². The van der Waals surface area contributed by atoms with Gasteiger partial charge >= 0.3 is 6.09 Å². The van der Waals surface area contributed by atoms with Crippen molar-refractivity contribution in [1.82, 2.24) is 5.32 Å². The fourth-order valence-corrected chi connectivity index (χ4v) is 9.31. The monoisotopic (exact) mass is 517 g/mol.